The number of carbonyl (C=O) groups is 1. The second kappa shape index (κ2) is 5.97. The Balaban J connectivity index is 1.68. The van der Waals surface area contributed by atoms with Gasteiger partial charge in [0.15, 0.2) is 0 Å². The summed E-state index contributed by atoms with van der Waals surface area (Å²) in [6, 6.07) is 6.53. The third-order valence-corrected chi connectivity index (χ3v) is 5.61. The van der Waals surface area contributed by atoms with Gasteiger partial charge in [-0.15, -0.1) is 22.7 Å². The molecule has 2 aromatic heterocycles. The quantitative estimate of drug-likeness (QED) is 0.912. The van der Waals surface area contributed by atoms with Crippen molar-refractivity contribution in [1.29, 1.82) is 0 Å². The lowest BCUT2D eigenvalue weighted by atomic mass is 9.98. The van der Waals surface area contributed by atoms with Gasteiger partial charge in [-0.1, -0.05) is 13.0 Å². The molecule has 2 amide bonds. The van der Waals surface area contributed by atoms with Crippen LogP contribution in [0.3, 0.4) is 0 Å². The Bertz CT molecular complexity index is 576. The first-order valence-electron chi connectivity index (χ1n) is 6.92. The van der Waals surface area contributed by atoms with E-state index in [0.717, 1.165) is 19.4 Å². The van der Waals surface area contributed by atoms with Crippen LogP contribution in [-0.4, -0.2) is 17.5 Å². The fourth-order valence-electron chi connectivity index (χ4n) is 2.76. The van der Waals surface area contributed by atoms with Gasteiger partial charge in [0.25, 0.3) is 0 Å². The summed E-state index contributed by atoms with van der Waals surface area (Å²) in [6.07, 6.45) is 1.95. The molecule has 5 heteroatoms. The molecule has 1 aliphatic heterocycles. The number of nitrogens with one attached hydrogen (secondary N) is 1. The molecule has 3 nitrogen and oxygen atoms in total. The molecule has 0 saturated heterocycles. The second-order valence-electron chi connectivity index (χ2n) is 4.90. The summed E-state index contributed by atoms with van der Waals surface area (Å²) in [7, 11) is 0. The zero-order chi connectivity index (χ0) is 13.9. The van der Waals surface area contributed by atoms with E-state index in [1.54, 1.807) is 11.3 Å². The number of thiophene rings is 2. The van der Waals surface area contributed by atoms with Gasteiger partial charge in [-0.25, -0.2) is 4.79 Å². The van der Waals surface area contributed by atoms with Crippen molar-refractivity contribution in [3.63, 3.8) is 0 Å². The Morgan fingerprint density at radius 1 is 1.40 bits per heavy atom. The van der Waals surface area contributed by atoms with Crippen molar-refractivity contribution in [3.05, 3.63) is 44.3 Å². The van der Waals surface area contributed by atoms with Crippen molar-refractivity contribution in [3.8, 4) is 0 Å². The highest BCUT2D eigenvalue weighted by atomic mass is 32.1. The third kappa shape index (κ3) is 2.60. The van der Waals surface area contributed by atoms with Gasteiger partial charge in [-0.05, 0) is 41.3 Å². The average Bonchev–Trinajstić information content (AvgIpc) is 3.14. The fraction of sp³-hybridized carbons (Fsp3) is 0.400. The number of fused-ring (bicyclic) bond motifs is 1. The second-order valence-corrected chi connectivity index (χ2v) is 6.94. The van der Waals surface area contributed by atoms with Crippen LogP contribution in [-0.2, 0) is 13.0 Å². The van der Waals surface area contributed by atoms with Gasteiger partial charge in [-0.3, -0.25) is 0 Å². The van der Waals surface area contributed by atoms with Gasteiger partial charge in [0.05, 0.1) is 12.6 Å². The van der Waals surface area contributed by atoms with E-state index in [0.29, 0.717) is 6.54 Å². The first-order chi connectivity index (χ1) is 9.79. The number of hydrogen-bond donors (Lipinski definition) is 1. The number of rotatable bonds is 3. The van der Waals surface area contributed by atoms with Gasteiger partial charge in [0, 0.05) is 16.3 Å². The number of carbonyl (C=O) groups excluding carboxylic acids is 1. The summed E-state index contributed by atoms with van der Waals surface area (Å²) < 4.78 is 0. The van der Waals surface area contributed by atoms with Crippen molar-refractivity contribution in [2.45, 2.75) is 32.4 Å². The summed E-state index contributed by atoms with van der Waals surface area (Å²) in [5.74, 6) is 0. The molecule has 1 atom stereocenters. The highest BCUT2D eigenvalue weighted by molar-refractivity contribution is 7.10. The minimum Gasteiger partial charge on any atom is -0.333 e. The van der Waals surface area contributed by atoms with E-state index in [9.17, 15) is 4.79 Å². The van der Waals surface area contributed by atoms with E-state index >= 15 is 0 Å². The Labute approximate surface area is 127 Å². The van der Waals surface area contributed by atoms with Gasteiger partial charge in [0.2, 0.25) is 0 Å². The molecule has 0 aromatic carbocycles. The predicted octanol–water partition coefficient (Wildman–Crippen LogP) is 4.03. The number of amides is 2. The summed E-state index contributed by atoms with van der Waals surface area (Å²) in [5, 5.41) is 7.22. The Morgan fingerprint density at radius 3 is 3.05 bits per heavy atom. The summed E-state index contributed by atoms with van der Waals surface area (Å²) >= 11 is 3.49. The van der Waals surface area contributed by atoms with Crippen LogP contribution in [0.2, 0.25) is 0 Å². The van der Waals surface area contributed by atoms with Crippen molar-refractivity contribution < 1.29 is 4.79 Å². The molecule has 3 rings (SSSR count). The van der Waals surface area contributed by atoms with E-state index in [1.807, 2.05) is 27.7 Å². The van der Waals surface area contributed by atoms with Crippen LogP contribution in [0.15, 0.2) is 29.0 Å². The molecule has 1 aliphatic rings. The molecule has 3 heterocycles. The van der Waals surface area contributed by atoms with E-state index in [1.165, 1.54) is 15.3 Å². The van der Waals surface area contributed by atoms with Crippen LogP contribution in [0, 0.1) is 0 Å². The lowest BCUT2D eigenvalue weighted by Crippen LogP contribution is -2.44. The largest absolute Gasteiger partial charge is 0.333 e. The Kier molecular flexibility index (Phi) is 4.08. The molecule has 0 fully saturated rings. The van der Waals surface area contributed by atoms with Crippen LogP contribution in [0.5, 0.6) is 0 Å². The SMILES string of the molecule is CC[C@H]1c2ccsc2CCN1C(=O)NCc1cccs1. The van der Waals surface area contributed by atoms with Crippen LogP contribution in [0.25, 0.3) is 0 Å². The number of hydrogen-bond acceptors (Lipinski definition) is 3. The highest BCUT2D eigenvalue weighted by Gasteiger charge is 2.30. The van der Waals surface area contributed by atoms with Gasteiger partial charge >= 0.3 is 6.03 Å². The maximum atomic E-state index is 12.4. The topological polar surface area (TPSA) is 32.3 Å². The van der Waals surface area contributed by atoms with Crippen molar-refractivity contribution in [2.24, 2.45) is 0 Å². The minimum absolute atomic E-state index is 0.0575. The standard InChI is InChI=1S/C15H18N2OS2/c1-2-13-12-6-9-20-14(12)5-7-17(13)15(18)16-10-11-4-3-8-19-11/h3-4,6,8-9,13H,2,5,7,10H2,1H3,(H,16,18)/t13-/m0/s1. The number of nitrogens with zero attached hydrogens (tertiary/aromatic N) is 1. The molecule has 0 radical (unpaired) electrons. The molecule has 20 heavy (non-hydrogen) atoms. The zero-order valence-electron chi connectivity index (χ0n) is 11.5. The van der Waals surface area contributed by atoms with Crippen molar-refractivity contribution >= 4 is 28.7 Å². The maximum Gasteiger partial charge on any atom is 0.318 e. The molecule has 0 spiro atoms. The van der Waals surface area contributed by atoms with Crippen LogP contribution in [0.1, 0.15) is 34.7 Å². The lowest BCUT2D eigenvalue weighted by molar-refractivity contribution is 0.167. The van der Waals surface area contributed by atoms with Gasteiger partial charge < -0.3 is 10.2 Å². The van der Waals surface area contributed by atoms with Gasteiger partial charge in [0.1, 0.15) is 0 Å². The van der Waals surface area contributed by atoms with E-state index in [-0.39, 0.29) is 12.1 Å². The third-order valence-electron chi connectivity index (χ3n) is 3.74. The summed E-state index contributed by atoms with van der Waals surface area (Å²) in [4.78, 5) is 17.0. The molecule has 0 unspecified atom stereocenters. The molecule has 2 aromatic rings. The molecular formula is C15H18N2OS2. The summed E-state index contributed by atoms with van der Waals surface area (Å²) in [6.45, 7) is 3.60. The molecule has 1 N–H and O–H groups in total. The average molecular weight is 306 g/mol. The molecule has 0 bridgehead atoms. The smallest absolute Gasteiger partial charge is 0.318 e. The van der Waals surface area contributed by atoms with Crippen LogP contribution >= 0.6 is 22.7 Å². The van der Waals surface area contributed by atoms with Crippen molar-refractivity contribution in [2.75, 3.05) is 6.54 Å². The van der Waals surface area contributed by atoms with E-state index in [4.69, 9.17) is 0 Å². The molecule has 0 saturated carbocycles. The van der Waals surface area contributed by atoms with Crippen LogP contribution < -0.4 is 5.32 Å². The Hall–Kier alpha value is -1.33. The molecule has 106 valence electrons. The monoisotopic (exact) mass is 306 g/mol. The normalized spacial score (nSPS) is 17.9. The number of urea groups is 1. The van der Waals surface area contributed by atoms with Gasteiger partial charge in [-0.2, -0.15) is 0 Å². The molecular weight excluding hydrogens is 288 g/mol. The zero-order valence-corrected chi connectivity index (χ0v) is 13.1. The van der Waals surface area contributed by atoms with E-state index in [2.05, 4.69) is 29.8 Å². The van der Waals surface area contributed by atoms with E-state index < -0.39 is 0 Å². The minimum atomic E-state index is 0.0575. The first kappa shape index (κ1) is 13.6. The van der Waals surface area contributed by atoms with Crippen LogP contribution in [0.4, 0.5) is 4.79 Å². The first-order valence-corrected chi connectivity index (χ1v) is 8.68. The maximum absolute atomic E-state index is 12.4. The predicted molar refractivity (Wildman–Crippen MR) is 84.3 cm³/mol. The molecule has 0 aliphatic carbocycles. The van der Waals surface area contributed by atoms with Crippen molar-refractivity contribution in [1.82, 2.24) is 10.2 Å². The Morgan fingerprint density at radius 2 is 2.30 bits per heavy atom. The lowest BCUT2D eigenvalue weighted by Gasteiger charge is -2.35. The highest BCUT2D eigenvalue weighted by Crippen LogP contribution is 2.35. The summed E-state index contributed by atoms with van der Waals surface area (Å²) in [5.41, 5.74) is 1.34. The fourth-order valence-corrected chi connectivity index (χ4v) is 4.33.